The minimum absolute atomic E-state index is 0.700. The number of aryl methyl sites for hydroxylation is 1. The van der Waals surface area contributed by atoms with Gasteiger partial charge in [-0.2, -0.15) is 0 Å². The lowest BCUT2D eigenvalue weighted by atomic mass is 10.0. The molecule has 27 heavy (non-hydrogen) atoms. The quantitative estimate of drug-likeness (QED) is 0.456. The van der Waals surface area contributed by atoms with Crippen molar-refractivity contribution in [2.24, 2.45) is 0 Å². The zero-order valence-electron chi connectivity index (χ0n) is 14.7. The van der Waals surface area contributed by atoms with Crippen molar-refractivity contribution >= 4 is 11.0 Å². The molecule has 0 fully saturated rings. The second-order valence-corrected chi connectivity index (χ2v) is 6.41. The lowest BCUT2D eigenvalue weighted by Crippen LogP contribution is -1.97. The molecule has 0 radical (unpaired) electrons. The van der Waals surface area contributed by atoms with Gasteiger partial charge in [0.1, 0.15) is 11.3 Å². The van der Waals surface area contributed by atoms with Gasteiger partial charge in [0.25, 0.3) is 0 Å². The van der Waals surface area contributed by atoms with Crippen molar-refractivity contribution in [1.29, 1.82) is 0 Å². The van der Waals surface area contributed by atoms with Crippen LogP contribution in [0.5, 0.6) is 0 Å². The molecule has 5 rings (SSSR count). The van der Waals surface area contributed by atoms with Gasteiger partial charge in [-0.15, -0.1) is 5.10 Å². The lowest BCUT2D eigenvalue weighted by Gasteiger charge is -2.08. The first kappa shape index (κ1) is 15.5. The Morgan fingerprint density at radius 3 is 2.63 bits per heavy atom. The molecule has 5 heteroatoms. The SMILES string of the molecule is Cc1ccc(-n2cc(-c3cc4ccccc4o3)nn2)cc1-c1ccccn1. The molecule has 0 unspecified atom stereocenters. The second kappa shape index (κ2) is 6.21. The van der Waals surface area contributed by atoms with Crippen LogP contribution in [0.2, 0.25) is 0 Å². The third-order valence-electron chi connectivity index (χ3n) is 4.60. The summed E-state index contributed by atoms with van der Waals surface area (Å²) in [7, 11) is 0. The molecular formula is C22H16N4O. The largest absolute Gasteiger partial charge is 0.454 e. The molecule has 0 saturated carbocycles. The molecule has 2 aromatic carbocycles. The van der Waals surface area contributed by atoms with Gasteiger partial charge in [-0.25, -0.2) is 4.68 Å². The zero-order valence-corrected chi connectivity index (χ0v) is 14.7. The van der Waals surface area contributed by atoms with Crippen molar-refractivity contribution in [2.45, 2.75) is 6.92 Å². The van der Waals surface area contributed by atoms with E-state index in [-0.39, 0.29) is 0 Å². The molecule has 3 aromatic heterocycles. The highest BCUT2D eigenvalue weighted by Crippen LogP contribution is 2.28. The Kier molecular flexibility index (Phi) is 3.57. The Hall–Kier alpha value is -3.73. The number of aromatic nitrogens is 4. The van der Waals surface area contributed by atoms with Crippen LogP contribution in [0, 0.1) is 6.92 Å². The molecule has 130 valence electrons. The topological polar surface area (TPSA) is 56.7 Å². The van der Waals surface area contributed by atoms with Crippen molar-refractivity contribution in [1.82, 2.24) is 20.0 Å². The molecule has 0 saturated heterocycles. The predicted octanol–water partition coefficient (Wildman–Crippen LogP) is 5.05. The summed E-state index contributed by atoms with van der Waals surface area (Å²) in [5.41, 5.74) is 5.65. The Balaban J connectivity index is 1.54. The maximum atomic E-state index is 5.89. The Morgan fingerprint density at radius 2 is 1.78 bits per heavy atom. The Labute approximate surface area is 155 Å². The summed E-state index contributed by atoms with van der Waals surface area (Å²) >= 11 is 0. The Bertz CT molecular complexity index is 1200. The van der Waals surface area contributed by atoms with Crippen molar-refractivity contribution in [3.05, 3.63) is 84.7 Å². The van der Waals surface area contributed by atoms with Gasteiger partial charge in [-0.05, 0) is 48.9 Å². The molecule has 0 amide bonds. The standard InChI is InChI=1S/C22H16N4O/c1-15-9-10-17(13-18(15)19-7-4-5-11-23-19)26-14-20(24-25-26)22-12-16-6-2-3-8-21(16)27-22/h2-14H,1H3. The molecule has 0 N–H and O–H groups in total. The number of furan rings is 1. The number of hydrogen-bond donors (Lipinski definition) is 0. The fourth-order valence-corrected chi connectivity index (χ4v) is 3.16. The molecule has 0 atom stereocenters. The summed E-state index contributed by atoms with van der Waals surface area (Å²) in [6.45, 7) is 2.08. The van der Waals surface area contributed by atoms with E-state index in [9.17, 15) is 0 Å². The number of fused-ring (bicyclic) bond motifs is 1. The molecule has 5 nitrogen and oxygen atoms in total. The third-order valence-corrected chi connectivity index (χ3v) is 4.60. The van der Waals surface area contributed by atoms with Crippen LogP contribution in [0.4, 0.5) is 0 Å². The number of hydrogen-bond acceptors (Lipinski definition) is 4. The maximum Gasteiger partial charge on any atom is 0.157 e. The summed E-state index contributed by atoms with van der Waals surface area (Å²) in [6, 6.07) is 22.0. The van der Waals surface area contributed by atoms with Gasteiger partial charge >= 0.3 is 0 Å². The number of benzene rings is 2. The minimum Gasteiger partial charge on any atom is -0.454 e. The van der Waals surface area contributed by atoms with Gasteiger partial charge in [0.2, 0.25) is 0 Å². The van der Waals surface area contributed by atoms with E-state index in [2.05, 4.69) is 34.4 Å². The molecule has 0 aliphatic carbocycles. The van der Waals surface area contributed by atoms with Gasteiger partial charge in [0.15, 0.2) is 5.76 Å². The normalized spacial score (nSPS) is 11.1. The van der Waals surface area contributed by atoms with Gasteiger partial charge < -0.3 is 4.42 Å². The van der Waals surface area contributed by atoms with Gasteiger partial charge in [0.05, 0.1) is 17.6 Å². The number of rotatable bonds is 3. The highest BCUT2D eigenvalue weighted by molar-refractivity contribution is 5.82. The van der Waals surface area contributed by atoms with Crippen molar-refractivity contribution in [3.8, 4) is 28.4 Å². The molecule has 3 heterocycles. The summed E-state index contributed by atoms with van der Waals surface area (Å²) in [5.74, 6) is 0.708. The Morgan fingerprint density at radius 1 is 0.889 bits per heavy atom. The molecule has 0 spiro atoms. The summed E-state index contributed by atoms with van der Waals surface area (Å²) in [5, 5.41) is 9.62. The fourth-order valence-electron chi connectivity index (χ4n) is 3.16. The van der Waals surface area contributed by atoms with Crippen LogP contribution < -0.4 is 0 Å². The highest BCUT2D eigenvalue weighted by Gasteiger charge is 2.12. The number of pyridine rings is 1. The molecule has 0 aliphatic heterocycles. The van der Waals surface area contributed by atoms with Crippen LogP contribution in [0.1, 0.15) is 5.56 Å². The fraction of sp³-hybridized carbons (Fsp3) is 0.0455. The van der Waals surface area contributed by atoms with Gasteiger partial charge in [-0.3, -0.25) is 4.98 Å². The summed E-state index contributed by atoms with van der Waals surface area (Å²) < 4.78 is 7.65. The average Bonchev–Trinajstić information content (AvgIpc) is 3.36. The van der Waals surface area contributed by atoms with Gasteiger partial charge in [-0.1, -0.05) is 35.5 Å². The third kappa shape index (κ3) is 2.79. The smallest absolute Gasteiger partial charge is 0.157 e. The molecular weight excluding hydrogens is 336 g/mol. The van der Waals surface area contributed by atoms with Crippen LogP contribution >= 0.6 is 0 Å². The van der Waals surface area contributed by atoms with Gasteiger partial charge in [0, 0.05) is 17.1 Å². The van der Waals surface area contributed by atoms with E-state index in [0.717, 1.165) is 33.5 Å². The van der Waals surface area contributed by atoms with Crippen molar-refractivity contribution < 1.29 is 4.42 Å². The van der Waals surface area contributed by atoms with E-state index >= 15 is 0 Å². The van der Waals surface area contributed by atoms with E-state index in [0.29, 0.717) is 11.5 Å². The van der Waals surface area contributed by atoms with E-state index < -0.39 is 0 Å². The van der Waals surface area contributed by atoms with Crippen molar-refractivity contribution in [2.75, 3.05) is 0 Å². The van der Waals surface area contributed by atoms with Crippen LogP contribution in [0.3, 0.4) is 0 Å². The predicted molar refractivity (Wildman–Crippen MR) is 105 cm³/mol. The average molecular weight is 352 g/mol. The first-order chi connectivity index (χ1) is 13.3. The van der Waals surface area contributed by atoms with E-state index in [4.69, 9.17) is 4.42 Å². The van der Waals surface area contributed by atoms with Crippen LogP contribution in [-0.4, -0.2) is 20.0 Å². The second-order valence-electron chi connectivity index (χ2n) is 6.41. The van der Waals surface area contributed by atoms with E-state index in [1.807, 2.05) is 60.8 Å². The summed E-state index contributed by atoms with van der Waals surface area (Å²) in [6.07, 6.45) is 3.68. The van der Waals surface area contributed by atoms with Crippen LogP contribution in [0.15, 0.2) is 83.5 Å². The minimum atomic E-state index is 0.700. The number of para-hydroxylation sites is 1. The first-order valence-electron chi connectivity index (χ1n) is 8.72. The van der Waals surface area contributed by atoms with E-state index in [1.54, 1.807) is 10.9 Å². The lowest BCUT2D eigenvalue weighted by molar-refractivity contribution is 0.628. The summed E-state index contributed by atoms with van der Waals surface area (Å²) in [4.78, 5) is 4.46. The molecule has 0 bridgehead atoms. The first-order valence-corrected chi connectivity index (χ1v) is 8.72. The van der Waals surface area contributed by atoms with E-state index in [1.165, 1.54) is 0 Å². The monoisotopic (exact) mass is 352 g/mol. The van der Waals surface area contributed by atoms with Crippen LogP contribution in [0.25, 0.3) is 39.4 Å². The van der Waals surface area contributed by atoms with Crippen molar-refractivity contribution in [3.63, 3.8) is 0 Å². The zero-order chi connectivity index (χ0) is 18.2. The van der Waals surface area contributed by atoms with Crippen LogP contribution in [-0.2, 0) is 0 Å². The molecule has 0 aliphatic rings. The molecule has 5 aromatic rings. The number of nitrogens with zero attached hydrogens (tertiary/aromatic N) is 4. The highest BCUT2D eigenvalue weighted by atomic mass is 16.3. The maximum absolute atomic E-state index is 5.89.